The third kappa shape index (κ3) is 7.37. The molecule has 0 fully saturated rings. The predicted molar refractivity (Wildman–Crippen MR) is 131 cm³/mol. The number of hydrazone groups is 1. The van der Waals surface area contributed by atoms with E-state index in [0.29, 0.717) is 17.2 Å². The van der Waals surface area contributed by atoms with Crippen LogP contribution in [0.4, 0.5) is 5.69 Å². The molecule has 0 unspecified atom stereocenters. The van der Waals surface area contributed by atoms with Crippen LogP contribution in [0.1, 0.15) is 16.7 Å². The Balaban J connectivity index is 1.43. The van der Waals surface area contributed by atoms with Crippen molar-refractivity contribution in [1.29, 1.82) is 0 Å². The molecule has 0 atom stereocenters. The third-order valence-corrected chi connectivity index (χ3v) is 4.80. The first-order valence-corrected chi connectivity index (χ1v) is 10.6. The van der Waals surface area contributed by atoms with Crippen molar-refractivity contribution in [2.24, 2.45) is 5.10 Å². The average Bonchev–Trinajstić information content (AvgIpc) is 2.85. The third-order valence-electron chi connectivity index (χ3n) is 4.80. The summed E-state index contributed by atoms with van der Waals surface area (Å²) in [4.78, 5) is 24.2. The van der Waals surface area contributed by atoms with Crippen LogP contribution in [-0.2, 0) is 16.0 Å². The largest absolute Gasteiger partial charge is 0.493 e. The zero-order valence-corrected chi connectivity index (χ0v) is 19.3. The van der Waals surface area contributed by atoms with Crippen molar-refractivity contribution >= 4 is 23.7 Å². The lowest BCUT2D eigenvalue weighted by Crippen LogP contribution is -2.20. The Morgan fingerprint density at radius 2 is 1.59 bits per heavy atom. The van der Waals surface area contributed by atoms with Gasteiger partial charge in [-0.3, -0.25) is 9.59 Å². The van der Waals surface area contributed by atoms with Crippen molar-refractivity contribution < 1.29 is 23.8 Å². The van der Waals surface area contributed by atoms with Gasteiger partial charge in [0, 0.05) is 5.69 Å². The number of benzene rings is 3. The fourth-order valence-corrected chi connectivity index (χ4v) is 3.03. The van der Waals surface area contributed by atoms with E-state index in [1.54, 1.807) is 56.7 Å². The number of hydrogen-bond donors (Lipinski definition) is 2. The van der Waals surface area contributed by atoms with Crippen LogP contribution in [0, 0.1) is 6.92 Å². The van der Waals surface area contributed by atoms with Gasteiger partial charge in [-0.25, -0.2) is 5.43 Å². The maximum Gasteiger partial charge on any atom is 0.262 e. The molecule has 8 heteroatoms. The van der Waals surface area contributed by atoms with Crippen LogP contribution in [0.15, 0.2) is 71.8 Å². The first-order valence-electron chi connectivity index (χ1n) is 10.6. The summed E-state index contributed by atoms with van der Waals surface area (Å²) < 4.78 is 16.0. The van der Waals surface area contributed by atoms with E-state index >= 15 is 0 Å². The molecular weight excluding hydrogens is 434 g/mol. The highest BCUT2D eigenvalue weighted by Crippen LogP contribution is 2.27. The van der Waals surface area contributed by atoms with Gasteiger partial charge in [-0.15, -0.1) is 0 Å². The number of nitrogens with one attached hydrogen (secondary N) is 2. The van der Waals surface area contributed by atoms with Crippen LogP contribution in [0.25, 0.3) is 0 Å². The molecule has 34 heavy (non-hydrogen) atoms. The smallest absolute Gasteiger partial charge is 0.262 e. The minimum absolute atomic E-state index is 0.104. The number of hydrogen-bond acceptors (Lipinski definition) is 6. The molecular formula is C26H27N3O5. The van der Waals surface area contributed by atoms with Crippen molar-refractivity contribution in [2.45, 2.75) is 13.3 Å². The van der Waals surface area contributed by atoms with Gasteiger partial charge in [-0.05, 0) is 66.6 Å². The second-order valence-corrected chi connectivity index (χ2v) is 7.43. The molecule has 3 aromatic carbocycles. The maximum absolute atomic E-state index is 12.2. The number of anilines is 1. The highest BCUT2D eigenvalue weighted by molar-refractivity contribution is 5.91. The van der Waals surface area contributed by atoms with Crippen molar-refractivity contribution in [3.63, 3.8) is 0 Å². The van der Waals surface area contributed by atoms with Crippen LogP contribution >= 0.6 is 0 Å². The second-order valence-electron chi connectivity index (χ2n) is 7.43. The van der Waals surface area contributed by atoms with Gasteiger partial charge < -0.3 is 19.5 Å². The van der Waals surface area contributed by atoms with Gasteiger partial charge in [0.05, 0.1) is 26.9 Å². The molecule has 0 heterocycles. The van der Waals surface area contributed by atoms with E-state index < -0.39 is 0 Å². The zero-order chi connectivity index (χ0) is 24.3. The minimum atomic E-state index is -0.261. The lowest BCUT2D eigenvalue weighted by Gasteiger charge is -2.09. The first kappa shape index (κ1) is 24.3. The van der Waals surface area contributed by atoms with Crippen LogP contribution < -0.4 is 25.0 Å². The summed E-state index contributed by atoms with van der Waals surface area (Å²) >= 11 is 0. The van der Waals surface area contributed by atoms with Crippen LogP contribution in [0.5, 0.6) is 17.2 Å². The van der Waals surface area contributed by atoms with Crippen molar-refractivity contribution in [2.75, 3.05) is 26.1 Å². The number of aryl methyl sites for hydroxylation is 1. The summed E-state index contributed by atoms with van der Waals surface area (Å²) in [6, 6.07) is 19.8. The predicted octanol–water partition coefficient (Wildman–Crippen LogP) is 3.72. The van der Waals surface area contributed by atoms with Crippen molar-refractivity contribution in [3.05, 3.63) is 83.4 Å². The van der Waals surface area contributed by atoms with E-state index in [-0.39, 0.29) is 24.8 Å². The second kappa shape index (κ2) is 12.1. The SMILES string of the molecule is COc1ccc(CC(=O)N/N=C/c2ccc(OCC(=O)Nc3ccc(C)cc3)cc2)cc1OC. The summed E-state index contributed by atoms with van der Waals surface area (Å²) in [5, 5.41) is 6.77. The number of carbonyl (C=O) groups excluding carboxylic acids is 2. The molecule has 0 aliphatic carbocycles. The fraction of sp³-hybridized carbons (Fsp3) is 0.192. The Labute approximate surface area is 198 Å². The van der Waals surface area contributed by atoms with E-state index in [0.717, 1.165) is 22.4 Å². The molecule has 0 saturated carbocycles. The van der Waals surface area contributed by atoms with Gasteiger partial charge in [0.15, 0.2) is 18.1 Å². The molecule has 0 aliphatic rings. The first-order chi connectivity index (χ1) is 16.5. The molecule has 0 aromatic heterocycles. The fourth-order valence-electron chi connectivity index (χ4n) is 3.03. The minimum Gasteiger partial charge on any atom is -0.493 e. The molecule has 2 amide bonds. The molecule has 3 rings (SSSR count). The molecule has 0 aliphatic heterocycles. The van der Waals surface area contributed by atoms with Crippen LogP contribution in [0.3, 0.4) is 0 Å². The van der Waals surface area contributed by atoms with Gasteiger partial charge in [0.25, 0.3) is 5.91 Å². The van der Waals surface area contributed by atoms with Gasteiger partial charge in [-0.2, -0.15) is 5.10 Å². The number of methoxy groups -OCH3 is 2. The lowest BCUT2D eigenvalue weighted by atomic mass is 10.1. The maximum atomic E-state index is 12.2. The molecule has 3 aromatic rings. The van der Waals surface area contributed by atoms with E-state index in [1.165, 1.54) is 6.21 Å². The molecule has 0 spiro atoms. The van der Waals surface area contributed by atoms with Gasteiger partial charge in [-0.1, -0.05) is 23.8 Å². The molecule has 8 nitrogen and oxygen atoms in total. The number of carbonyl (C=O) groups is 2. The van der Waals surface area contributed by atoms with E-state index in [4.69, 9.17) is 14.2 Å². The summed E-state index contributed by atoms with van der Waals surface area (Å²) in [6.45, 7) is 1.88. The Bertz CT molecular complexity index is 1140. The molecule has 0 saturated heterocycles. The van der Waals surface area contributed by atoms with Gasteiger partial charge >= 0.3 is 0 Å². The normalized spacial score (nSPS) is 10.6. The van der Waals surface area contributed by atoms with E-state index in [1.807, 2.05) is 31.2 Å². The number of nitrogens with zero attached hydrogens (tertiary/aromatic N) is 1. The van der Waals surface area contributed by atoms with Crippen molar-refractivity contribution in [1.82, 2.24) is 5.43 Å². The monoisotopic (exact) mass is 461 g/mol. The van der Waals surface area contributed by atoms with Crippen LogP contribution in [-0.4, -0.2) is 38.9 Å². The summed E-state index contributed by atoms with van der Waals surface area (Å²) in [5.74, 6) is 1.21. The molecule has 0 bridgehead atoms. The number of amides is 2. The Kier molecular flexibility index (Phi) is 8.62. The Morgan fingerprint density at radius 1 is 0.882 bits per heavy atom. The zero-order valence-electron chi connectivity index (χ0n) is 19.3. The van der Waals surface area contributed by atoms with Crippen LogP contribution in [0.2, 0.25) is 0 Å². The van der Waals surface area contributed by atoms with Gasteiger partial charge in [0.2, 0.25) is 5.91 Å². The van der Waals surface area contributed by atoms with E-state index in [2.05, 4.69) is 15.8 Å². The Hall–Kier alpha value is -4.33. The highest BCUT2D eigenvalue weighted by Gasteiger charge is 2.08. The lowest BCUT2D eigenvalue weighted by molar-refractivity contribution is -0.120. The van der Waals surface area contributed by atoms with Gasteiger partial charge in [0.1, 0.15) is 5.75 Å². The summed E-state index contributed by atoms with van der Waals surface area (Å²) in [7, 11) is 3.10. The highest BCUT2D eigenvalue weighted by atomic mass is 16.5. The standard InChI is InChI=1S/C26H27N3O5/c1-18-4-9-21(10-5-18)28-26(31)17-34-22-11-6-19(7-12-22)16-27-29-25(30)15-20-8-13-23(32-2)24(14-20)33-3/h4-14,16H,15,17H2,1-3H3,(H,28,31)(H,29,30)/b27-16+. The topological polar surface area (TPSA) is 98.3 Å². The molecule has 0 radical (unpaired) electrons. The molecule has 2 N–H and O–H groups in total. The quantitative estimate of drug-likeness (QED) is 0.354. The van der Waals surface area contributed by atoms with E-state index in [9.17, 15) is 9.59 Å². The molecule has 176 valence electrons. The van der Waals surface area contributed by atoms with Crippen molar-refractivity contribution in [3.8, 4) is 17.2 Å². The summed E-state index contributed by atoms with van der Waals surface area (Å²) in [6.07, 6.45) is 1.68. The Morgan fingerprint density at radius 3 is 2.26 bits per heavy atom. The number of ether oxygens (including phenoxy) is 3. The number of rotatable bonds is 10. The average molecular weight is 462 g/mol. The summed E-state index contributed by atoms with van der Waals surface area (Å²) in [5.41, 5.74) is 5.89.